The number of aromatic nitrogens is 2. The van der Waals surface area contributed by atoms with Crippen LogP contribution in [-0.4, -0.2) is 26.8 Å². The number of imidazole rings is 1. The van der Waals surface area contributed by atoms with Crippen LogP contribution in [0.2, 0.25) is 0 Å². The van der Waals surface area contributed by atoms with Crippen LogP contribution in [0.1, 0.15) is 6.92 Å². The van der Waals surface area contributed by atoms with E-state index < -0.39 is 11.8 Å². The second kappa shape index (κ2) is 5.16. The predicted molar refractivity (Wildman–Crippen MR) is 36.9 cm³/mol. The molecule has 1 heterocycles. The van der Waals surface area contributed by atoms with Crippen molar-refractivity contribution >= 4 is 11.8 Å². The molecule has 0 amide bonds. The van der Waals surface area contributed by atoms with E-state index in [0.717, 1.165) is 6.92 Å². The molecular weight excluding hydrogens is 148 g/mol. The number of nitrogens with one attached hydrogen (secondary N) is 1. The van der Waals surface area contributed by atoms with Crippen molar-refractivity contribution in [2.24, 2.45) is 0 Å². The lowest BCUT2D eigenvalue weighted by Crippen LogP contribution is -2.05. The number of ketones is 1. The molecule has 0 atom stereocenters. The lowest BCUT2D eigenvalue weighted by Gasteiger charge is -1.73. The summed E-state index contributed by atoms with van der Waals surface area (Å²) < 4.78 is 0. The molecule has 11 heavy (non-hydrogen) atoms. The van der Waals surface area contributed by atoms with Crippen molar-refractivity contribution < 1.29 is 14.7 Å². The molecule has 0 saturated carbocycles. The van der Waals surface area contributed by atoms with E-state index in [1.54, 1.807) is 18.7 Å². The molecule has 2 N–H and O–H groups in total. The quantitative estimate of drug-likeness (QED) is 0.563. The normalized spacial score (nSPS) is 7.73. The van der Waals surface area contributed by atoms with Crippen LogP contribution in [0.4, 0.5) is 0 Å². The van der Waals surface area contributed by atoms with Crippen molar-refractivity contribution in [1.82, 2.24) is 9.97 Å². The van der Waals surface area contributed by atoms with E-state index in [1.807, 2.05) is 0 Å². The minimum atomic E-state index is -1.38. The summed E-state index contributed by atoms with van der Waals surface area (Å²) in [6.07, 6.45) is 5.08. The van der Waals surface area contributed by atoms with Gasteiger partial charge in [0.25, 0.3) is 0 Å². The number of Topliss-reactive ketones (excluding diaryl/α,β-unsaturated/α-hetero) is 1. The highest BCUT2D eigenvalue weighted by Crippen LogP contribution is 1.62. The van der Waals surface area contributed by atoms with Crippen LogP contribution in [-0.2, 0) is 9.59 Å². The van der Waals surface area contributed by atoms with Crippen molar-refractivity contribution in [3.05, 3.63) is 18.7 Å². The number of nitrogens with zero attached hydrogens (tertiary/aromatic N) is 1. The fourth-order valence-electron chi connectivity index (χ4n) is 0.215. The Morgan fingerprint density at radius 1 is 1.55 bits per heavy atom. The van der Waals surface area contributed by atoms with E-state index >= 15 is 0 Å². The molecular formula is C6H8N2O3. The smallest absolute Gasteiger partial charge is 0.371 e. The first-order chi connectivity index (χ1) is 5.14. The van der Waals surface area contributed by atoms with Gasteiger partial charge in [-0.15, -0.1) is 0 Å². The Labute approximate surface area is 63.1 Å². The van der Waals surface area contributed by atoms with Gasteiger partial charge in [0.05, 0.1) is 6.33 Å². The number of carboxylic acid groups (broad SMARTS) is 1. The molecule has 0 unspecified atom stereocenters. The number of rotatable bonds is 1. The first-order valence-electron chi connectivity index (χ1n) is 2.81. The van der Waals surface area contributed by atoms with Gasteiger partial charge in [-0.25, -0.2) is 9.78 Å². The van der Waals surface area contributed by atoms with Crippen molar-refractivity contribution in [1.29, 1.82) is 0 Å². The number of hydrogen-bond acceptors (Lipinski definition) is 3. The zero-order valence-electron chi connectivity index (χ0n) is 5.94. The van der Waals surface area contributed by atoms with Gasteiger partial charge in [-0.05, 0) is 0 Å². The average Bonchev–Trinajstić information content (AvgIpc) is 2.41. The topological polar surface area (TPSA) is 83.0 Å². The van der Waals surface area contributed by atoms with Gasteiger partial charge in [0.1, 0.15) is 0 Å². The van der Waals surface area contributed by atoms with Crippen LogP contribution in [0.5, 0.6) is 0 Å². The molecule has 60 valence electrons. The van der Waals surface area contributed by atoms with Crippen molar-refractivity contribution in [3.63, 3.8) is 0 Å². The molecule has 0 aliphatic rings. The summed E-state index contributed by atoms with van der Waals surface area (Å²) in [5.74, 6) is -2.20. The molecule has 0 bridgehead atoms. The highest BCUT2D eigenvalue weighted by Gasteiger charge is 1.98. The number of H-pyrrole nitrogens is 1. The molecule has 5 nitrogen and oxygen atoms in total. The monoisotopic (exact) mass is 156 g/mol. The van der Waals surface area contributed by atoms with Crippen LogP contribution < -0.4 is 0 Å². The lowest BCUT2D eigenvalue weighted by molar-refractivity contribution is -0.148. The highest BCUT2D eigenvalue weighted by molar-refractivity contribution is 6.31. The second-order valence-corrected chi connectivity index (χ2v) is 1.62. The van der Waals surface area contributed by atoms with E-state index in [4.69, 9.17) is 5.11 Å². The number of aromatic amines is 1. The van der Waals surface area contributed by atoms with E-state index in [1.165, 1.54) is 0 Å². The maximum atomic E-state index is 9.54. The number of carboxylic acids is 1. The Bertz CT molecular complexity index is 189. The van der Waals surface area contributed by atoms with Crippen molar-refractivity contribution in [2.45, 2.75) is 6.92 Å². The number of aliphatic carboxylic acids is 1. The maximum absolute atomic E-state index is 9.54. The van der Waals surface area contributed by atoms with Crippen molar-refractivity contribution in [2.75, 3.05) is 0 Å². The third-order valence-electron chi connectivity index (χ3n) is 0.707. The summed E-state index contributed by atoms with van der Waals surface area (Å²) in [4.78, 5) is 25.3. The summed E-state index contributed by atoms with van der Waals surface area (Å²) in [6.45, 7) is 1.00. The largest absolute Gasteiger partial charge is 0.476 e. The Balaban J connectivity index is 0.000000183. The molecule has 0 saturated heterocycles. The third-order valence-corrected chi connectivity index (χ3v) is 0.707. The molecule has 0 spiro atoms. The minimum absolute atomic E-state index is 0.824. The first-order valence-corrected chi connectivity index (χ1v) is 2.81. The van der Waals surface area contributed by atoms with Gasteiger partial charge in [-0.3, -0.25) is 4.79 Å². The zero-order valence-corrected chi connectivity index (χ0v) is 5.94. The van der Waals surface area contributed by atoms with Crippen LogP contribution in [0.3, 0.4) is 0 Å². The van der Waals surface area contributed by atoms with E-state index in [-0.39, 0.29) is 0 Å². The second-order valence-electron chi connectivity index (χ2n) is 1.62. The SMILES string of the molecule is CC(=O)C(=O)O.c1c[nH]cn1. The molecule has 0 aromatic carbocycles. The van der Waals surface area contributed by atoms with Crippen LogP contribution >= 0.6 is 0 Å². The third kappa shape index (κ3) is 6.23. The fraction of sp³-hybridized carbons (Fsp3) is 0.167. The van der Waals surface area contributed by atoms with Gasteiger partial charge < -0.3 is 10.1 Å². The number of carbonyl (C=O) groups is 2. The lowest BCUT2D eigenvalue weighted by atomic mass is 10.5. The summed E-state index contributed by atoms with van der Waals surface area (Å²) in [7, 11) is 0. The van der Waals surface area contributed by atoms with E-state index in [2.05, 4.69) is 9.97 Å². The van der Waals surface area contributed by atoms with Crippen LogP contribution in [0.15, 0.2) is 18.7 Å². The minimum Gasteiger partial charge on any atom is -0.476 e. The number of hydrogen-bond donors (Lipinski definition) is 2. The Morgan fingerprint density at radius 2 is 2.09 bits per heavy atom. The summed E-state index contributed by atoms with van der Waals surface area (Å²) in [5.41, 5.74) is 0. The molecule has 5 heteroatoms. The molecule has 0 aliphatic heterocycles. The Kier molecular flexibility index (Phi) is 4.39. The molecule has 0 aliphatic carbocycles. The summed E-state index contributed by atoms with van der Waals surface area (Å²) in [6, 6.07) is 0. The molecule has 1 aromatic heterocycles. The van der Waals surface area contributed by atoms with E-state index in [9.17, 15) is 9.59 Å². The fourth-order valence-corrected chi connectivity index (χ4v) is 0.215. The maximum Gasteiger partial charge on any atom is 0.371 e. The van der Waals surface area contributed by atoms with E-state index in [0.29, 0.717) is 0 Å². The van der Waals surface area contributed by atoms with Gasteiger partial charge in [-0.1, -0.05) is 0 Å². The van der Waals surface area contributed by atoms with Gasteiger partial charge in [0, 0.05) is 19.3 Å². The van der Waals surface area contributed by atoms with Crippen LogP contribution in [0, 0.1) is 0 Å². The zero-order chi connectivity index (χ0) is 8.69. The Morgan fingerprint density at radius 3 is 2.18 bits per heavy atom. The standard InChI is InChI=1S/C3H4N2.C3H4O3/c1-2-5-3-4-1;1-2(4)3(5)6/h1-3H,(H,4,5);1H3,(H,5,6). The number of carbonyl (C=O) groups excluding carboxylic acids is 1. The van der Waals surface area contributed by atoms with Gasteiger partial charge in [-0.2, -0.15) is 0 Å². The predicted octanol–water partition coefficient (Wildman–Crippen LogP) is 0.0697. The van der Waals surface area contributed by atoms with Gasteiger partial charge in [0.2, 0.25) is 5.78 Å². The van der Waals surface area contributed by atoms with Gasteiger partial charge in [0.15, 0.2) is 0 Å². The summed E-state index contributed by atoms with van der Waals surface area (Å²) in [5, 5.41) is 7.64. The molecule has 0 radical (unpaired) electrons. The van der Waals surface area contributed by atoms with Gasteiger partial charge >= 0.3 is 5.97 Å². The molecule has 0 fully saturated rings. The molecule has 1 aromatic rings. The van der Waals surface area contributed by atoms with Crippen molar-refractivity contribution in [3.8, 4) is 0 Å². The van der Waals surface area contributed by atoms with Crippen LogP contribution in [0.25, 0.3) is 0 Å². The molecule has 1 rings (SSSR count). The first kappa shape index (κ1) is 9.35. The Hall–Kier alpha value is -1.65. The summed E-state index contributed by atoms with van der Waals surface area (Å²) >= 11 is 0. The average molecular weight is 156 g/mol. The highest BCUT2D eigenvalue weighted by atomic mass is 16.4.